The number of hydrogen-bond acceptors (Lipinski definition) is 0. The van der Waals surface area contributed by atoms with Gasteiger partial charge in [-0.1, -0.05) is 39.5 Å². The van der Waals surface area contributed by atoms with Crippen molar-refractivity contribution in [3.8, 4) is 0 Å². The summed E-state index contributed by atoms with van der Waals surface area (Å²) < 4.78 is 0. The molecule has 0 nitrogen and oxygen atoms in total. The summed E-state index contributed by atoms with van der Waals surface area (Å²) in [6.07, 6.45) is 12.2. The minimum absolute atomic E-state index is 0.178. The average Bonchev–Trinajstić information content (AvgIpc) is 2.45. The summed E-state index contributed by atoms with van der Waals surface area (Å²) in [4.78, 5) is -0.357. The Morgan fingerprint density at radius 1 is 0.591 bits per heavy atom. The molecule has 0 saturated heterocycles. The number of alkyl halides is 4. The Kier molecular flexibility index (Phi) is 18.0. The van der Waals surface area contributed by atoms with Crippen LogP contribution in [0.1, 0.15) is 65.2 Å². The second-order valence-corrected chi connectivity index (χ2v) is 12.2. The summed E-state index contributed by atoms with van der Waals surface area (Å²) in [5, 5.41) is 0. The highest BCUT2D eigenvalue weighted by atomic mass is 35.5. The first-order valence-electron chi connectivity index (χ1n) is 8.46. The molecule has 0 saturated carbocycles. The number of rotatable bonds is 15. The quantitative estimate of drug-likeness (QED) is 0.142. The van der Waals surface area contributed by atoms with Crippen LogP contribution in [0, 0.1) is 0 Å². The smallest absolute Gasteiger partial charge is 0.107 e. The van der Waals surface area contributed by atoms with E-state index in [0.717, 1.165) is 41.3 Å². The standard InChI is InChI=1S/C16H32Cl4P2/c1-13(21-11-7-3-5-9-15(17)18)14(2)22-12-8-4-6-10-16(19)20/h13-16,21-22H,3-12H2,1-2H3/t13-,14-/m1/s1. The molecule has 0 N–H and O–H groups in total. The van der Waals surface area contributed by atoms with E-state index in [4.69, 9.17) is 46.4 Å². The third-order valence-corrected chi connectivity index (χ3v) is 8.66. The van der Waals surface area contributed by atoms with Crippen LogP contribution in [-0.2, 0) is 0 Å². The lowest BCUT2D eigenvalue weighted by Crippen LogP contribution is -2.10. The van der Waals surface area contributed by atoms with Crippen LogP contribution in [0.5, 0.6) is 0 Å². The van der Waals surface area contributed by atoms with Crippen molar-refractivity contribution in [3.05, 3.63) is 0 Å². The Hall–Kier alpha value is 2.02. The van der Waals surface area contributed by atoms with Crippen LogP contribution >= 0.6 is 63.6 Å². The van der Waals surface area contributed by atoms with Gasteiger partial charge in [0.15, 0.2) is 0 Å². The topological polar surface area (TPSA) is 0 Å². The molecule has 0 rings (SSSR count). The molecule has 0 spiro atoms. The van der Waals surface area contributed by atoms with Crippen molar-refractivity contribution < 1.29 is 0 Å². The van der Waals surface area contributed by atoms with Gasteiger partial charge in [-0.2, -0.15) is 0 Å². The molecular formula is C16H32Cl4P2. The van der Waals surface area contributed by atoms with E-state index in [0.29, 0.717) is 0 Å². The van der Waals surface area contributed by atoms with Crippen LogP contribution in [-0.4, -0.2) is 33.3 Å². The van der Waals surface area contributed by atoms with Gasteiger partial charge in [0.05, 0.1) is 0 Å². The molecule has 134 valence electrons. The van der Waals surface area contributed by atoms with Crippen LogP contribution < -0.4 is 0 Å². The molecule has 0 bridgehead atoms. The SMILES string of the molecule is C[C@@H](PCCCCCC(Cl)Cl)[C@@H](C)PCCCCCC(Cl)Cl. The predicted molar refractivity (Wildman–Crippen MR) is 113 cm³/mol. The molecule has 0 fully saturated rings. The van der Waals surface area contributed by atoms with Gasteiger partial charge in [0.1, 0.15) is 9.67 Å². The van der Waals surface area contributed by atoms with Gasteiger partial charge in [0, 0.05) is 0 Å². The fraction of sp³-hybridized carbons (Fsp3) is 1.00. The van der Waals surface area contributed by atoms with Crippen molar-refractivity contribution in [2.75, 3.05) is 12.3 Å². The zero-order valence-corrected chi connectivity index (χ0v) is 18.9. The Balaban J connectivity index is 3.41. The molecule has 22 heavy (non-hydrogen) atoms. The van der Waals surface area contributed by atoms with Gasteiger partial charge in [-0.15, -0.1) is 63.6 Å². The molecule has 0 aliphatic heterocycles. The van der Waals surface area contributed by atoms with Crippen molar-refractivity contribution in [2.45, 2.75) is 86.2 Å². The third-order valence-electron chi connectivity index (χ3n) is 3.88. The fourth-order valence-corrected chi connectivity index (χ4v) is 6.06. The zero-order valence-electron chi connectivity index (χ0n) is 13.9. The molecule has 6 heteroatoms. The zero-order chi connectivity index (χ0) is 16.8. The van der Waals surface area contributed by atoms with E-state index in [1.54, 1.807) is 0 Å². The maximum atomic E-state index is 5.73. The molecule has 0 amide bonds. The van der Waals surface area contributed by atoms with Crippen molar-refractivity contribution >= 4 is 63.6 Å². The summed E-state index contributed by atoms with van der Waals surface area (Å²) in [7, 11) is 2.21. The van der Waals surface area contributed by atoms with Crippen LogP contribution in [0.3, 0.4) is 0 Å². The molecule has 2 unspecified atom stereocenters. The predicted octanol–water partition coefficient (Wildman–Crippen LogP) is 7.85. The largest absolute Gasteiger partial charge is 0.119 e. The minimum Gasteiger partial charge on any atom is -0.119 e. The van der Waals surface area contributed by atoms with Crippen LogP contribution in [0.25, 0.3) is 0 Å². The maximum Gasteiger partial charge on any atom is 0.107 e. The van der Waals surface area contributed by atoms with E-state index in [1.807, 2.05) is 0 Å². The Bertz CT molecular complexity index is 216. The lowest BCUT2D eigenvalue weighted by molar-refractivity contribution is 0.693. The van der Waals surface area contributed by atoms with Gasteiger partial charge in [0.25, 0.3) is 0 Å². The van der Waals surface area contributed by atoms with Crippen LogP contribution in [0.4, 0.5) is 0 Å². The second-order valence-electron chi connectivity index (χ2n) is 5.97. The van der Waals surface area contributed by atoms with Crippen molar-refractivity contribution in [1.29, 1.82) is 0 Å². The normalized spacial score (nSPS) is 15.8. The lowest BCUT2D eigenvalue weighted by atomic mass is 10.2. The molecule has 0 radical (unpaired) electrons. The van der Waals surface area contributed by atoms with Crippen molar-refractivity contribution in [2.24, 2.45) is 0 Å². The van der Waals surface area contributed by atoms with Crippen LogP contribution in [0.15, 0.2) is 0 Å². The van der Waals surface area contributed by atoms with Gasteiger partial charge in [-0.3, -0.25) is 0 Å². The lowest BCUT2D eigenvalue weighted by Gasteiger charge is -2.20. The highest BCUT2D eigenvalue weighted by molar-refractivity contribution is 7.43. The first-order chi connectivity index (χ1) is 10.4. The highest BCUT2D eigenvalue weighted by Gasteiger charge is 2.11. The number of hydrogen-bond donors (Lipinski definition) is 0. The first-order valence-corrected chi connectivity index (χ1v) is 12.8. The molecule has 0 aromatic rings. The van der Waals surface area contributed by atoms with Gasteiger partial charge in [-0.25, -0.2) is 0 Å². The fourth-order valence-electron chi connectivity index (χ4n) is 2.21. The number of unbranched alkanes of at least 4 members (excludes halogenated alkanes) is 4. The summed E-state index contributed by atoms with van der Waals surface area (Å²) in [5.74, 6) is 0. The average molecular weight is 428 g/mol. The molecular weight excluding hydrogens is 396 g/mol. The molecule has 0 aromatic heterocycles. The van der Waals surface area contributed by atoms with E-state index in [9.17, 15) is 0 Å². The molecule has 0 aliphatic rings. The molecule has 0 aromatic carbocycles. The highest BCUT2D eigenvalue weighted by Crippen LogP contribution is 2.34. The van der Waals surface area contributed by atoms with Crippen molar-refractivity contribution in [1.82, 2.24) is 0 Å². The van der Waals surface area contributed by atoms with Gasteiger partial charge < -0.3 is 0 Å². The van der Waals surface area contributed by atoms with E-state index in [1.165, 1.54) is 50.8 Å². The summed E-state index contributed by atoms with van der Waals surface area (Å²) >= 11 is 22.9. The number of halogens is 4. The van der Waals surface area contributed by atoms with E-state index < -0.39 is 0 Å². The van der Waals surface area contributed by atoms with Crippen molar-refractivity contribution in [3.63, 3.8) is 0 Å². The molecule has 4 atom stereocenters. The first kappa shape index (κ1) is 24.0. The van der Waals surface area contributed by atoms with E-state index in [-0.39, 0.29) is 9.67 Å². The maximum absolute atomic E-state index is 5.73. The summed E-state index contributed by atoms with van der Waals surface area (Å²) in [6.45, 7) is 4.85. The Morgan fingerprint density at radius 2 is 0.955 bits per heavy atom. The third kappa shape index (κ3) is 16.9. The summed E-state index contributed by atoms with van der Waals surface area (Å²) in [6, 6.07) is 0. The van der Waals surface area contributed by atoms with Gasteiger partial charge in [0.2, 0.25) is 0 Å². The monoisotopic (exact) mass is 426 g/mol. The van der Waals surface area contributed by atoms with Crippen LogP contribution in [0.2, 0.25) is 0 Å². The Morgan fingerprint density at radius 3 is 1.27 bits per heavy atom. The van der Waals surface area contributed by atoms with E-state index in [2.05, 4.69) is 13.8 Å². The van der Waals surface area contributed by atoms with Gasteiger partial charge >= 0.3 is 0 Å². The second kappa shape index (κ2) is 16.5. The van der Waals surface area contributed by atoms with Gasteiger partial charge in [-0.05, 0) is 49.3 Å². The molecule has 0 aliphatic carbocycles. The van der Waals surface area contributed by atoms with E-state index >= 15 is 0 Å². The molecule has 0 heterocycles. The Labute approximate surface area is 161 Å². The summed E-state index contributed by atoms with van der Waals surface area (Å²) in [5.41, 5.74) is 1.75. The minimum atomic E-state index is -0.178.